The predicted octanol–water partition coefficient (Wildman–Crippen LogP) is 1.58. The van der Waals surface area contributed by atoms with Crippen molar-refractivity contribution in [1.29, 1.82) is 0 Å². The molecule has 8 nitrogen and oxygen atoms in total. The van der Waals surface area contributed by atoms with Crippen molar-refractivity contribution in [3.8, 4) is 23.0 Å². The number of hydrogen-bond acceptors (Lipinski definition) is 7. The van der Waals surface area contributed by atoms with Gasteiger partial charge in [-0.05, 0) is 6.07 Å². The van der Waals surface area contributed by atoms with Crippen molar-refractivity contribution in [3.63, 3.8) is 0 Å². The van der Waals surface area contributed by atoms with Gasteiger partial charge in [-0.3, -0.25) is 0 Å². The van der Waals surface area contributed by atoms with Gasteiger partial charge in [-0.2, -0.15) is 0 Å². The number of carboxylic acids is 1. The first-order chi connectivity index (χ1) is 10.6. The lowest BCUT2D eigenvalue weighted by Gasteiger charge is -2.19. The monoisotopic (exact) mass is 309 g/mol. The van der Waals surface area contributed by atoms with E-state index in [2.05, 4.69) is 5.16 Å². The standard InChI is InChI=1S/C14H15NO7/c1-6-9(14(16)17)15-22-10(6)7-4-8(18-2)12-13(11(7)19-3)21-5-20-12/h4,6,10H,5H2,1-3H3,(H,16,17)/t6-,10+/m1/s1. The Labute approximate surface area is 126 Å². The summed E-state index contributed by atoms with van der Waals surface area (Å²) < 4.78 is 21.5. The van der Waals surface area contributed by atoms with Crippen molar-refractivity contribution in [3.05, 3.63) is 11.6 Å². The second-order valence-corrected chi connectivity index (χ2v) is 4.86. The van der Waals surface area contributed by atoms with Crippen LogP contribution in [0.2, 0.25) is 0 Å². The minimum Gasteiger partial charge on any atom is -0.493 e. The number of rotatable bonds is 4. The van der Waals surface area contributed by atoms with E-state index in [4.69, 9.17) is 28.9 Å². The second-order valence-electron chi connectivity index (χ2n) is 4.86. The van der Waals surface area contributed by atoms with Crippen LogP contribution in [0.15, 0.2) is 11.2 Å². The normalized spacial score (nSPS) is 22.0. The predicted molar refractivity (Wildman–Crippen MR) is 73.7 cm³/mol. The number of hydrogen-bond donors (Lipinski definition) is 1. The Morgan fingerprint density at radius 1 is 1.32 bits per heavy atom. The summed E-state index contributed by atoms with van der Waals surface area (Å²) in [6, 6.07) is 1.69. The van der Waals surface area contributed by atoms with Crippen LogP contribution in [-0.2, 0) is 9.63 Å². The number of carboxylic acid groups (broad SMARTS) is 1. The Morgan fingerprint density at radius 3 is 2.64 bits per heavy atom. The average Bonchev–Trinajstić information content (AvgIpc) is 3.12. The molecule has 1 aromatic carbocycles. The SMILES string of the molecule is COc1cc([C@H]2ON=C(C(=O)O)[C@H]2C)c(OC)c2c1OCO2. The van der Waals surface area contributed by atoms with Gasteiger partial charge in [0.05, 0.1) is 20.1 Å². The molecule has 3 rings (SSSR count). The zero-order valence-electron chi connectivity index (χ0n) is 12.3. The average molecular weight is 309 g/mol. The molecule has 0 amide bonds. The van der Waals surface area contributed by atoms with Gasteiger partial charge in [-0.1, -0.05) is 12.1 Å². The zero-order chi connectivity index (χ0) is 15.9. The topological polar surface area (TPSA) is 95.8 Å². The Balaban J connectivity index is 2.07. The number of aliphatic carboxylic acids is 1. The fraction of sp³-hybridized carbons (Fsp3) is 0.429. The van der Waals surface area contributed by atoms with Crippen molar-refractivity contribution < 1.29 is 33.7 Å². The van der Waals surface area contributed by atoms with Crippen LogP contribution in [-0.4, -0.2) is 37.8 Å². The van der Waals surface area contributed by atoms with Crippen molar-refractivity contribution in [1.82, 2.24) is 0 Å². The smallest absolute Gasteiger partial charge is 0.354 e. The van der Waals surface area contributed by atoms with E-state index in [1.807, 2.05) is 0 Å². The molecule has 0 saturated heterocycles. The number of ether oxygens (including phenoxy) is 4. The van der Waals surface area contributed by atoms with Gasteiger partial charge in [0.2, 0.25) is 18.3 Å². The maximum Gasteiger partial charge on any atom is 0.354 e. The molecule has 118 valence electrons. The van der Waals surface area contributed by atoms with Crippen molar-refractivity contribution in [2.45, 2.75) is 13.0 Å². The molecule has 22 heavy (non-hydrogen) atoms. The highest BCUT2D eigenvalue weighted by Gasteiger charge is 2.40. The largest absolute Gasteiger partial charge is 0.493 e. The molecule has 2 aliphatic heterocycles. The molecule has 2 atom stereocenters. The summed E-state index contributed by atoms with van der Waals surface area (Å²) in [6.07, 6.45) is -0.607. The van der Waals surface area contributed by atoms with Gasteiger partial charge in [0.15, 0.2) is 23.3 Å². The molecule has 0 unspecified atom stereocenters. The Hall–Kier alpha value is -2.64. The van der Waals surface area contributed by atoms with E-state index in [0.717, 1.165) is 0 Å². The maximum atomic E-state index is 11.1. The number of fused-ring (bicyclic) bond motifs is 1. The van der Waals surface area contributed by atoms with E-state index in [0.29, 0.717) is 28.6 Å². The van der Waals surface area contributed by atoms with E-state index >= 15 is 0 Å². The zero-order valence-corrected chi connectivity index (χ0v) is 12.3. The number of benzene rings is 1. The highest BCUT2D eigenvalue weighted by molar-refractivity contribution is 6.36. The molecule has 0 fully saturated rings. The summed E-state index contributed by atoms with van der Waals surface area (Å²) in [5.41, 5.74) is 0.555. The van der Waals surface area contributed by atoms with E-state index in [9.17, 15) is 4.79 Å². The Kier molecular flexibility index (Phi) is 3.44. The van der Waals surface area contributed by atoms with E-state index in [-0.39, 0.29) is 12.5 Å². The summed E-state index contributed by atoms with van der Waals surface area (Å²) in [4.78, 5) is 16.4. The summed E-state index contributed by atoms with van der Waals surface area (Å²) >= 11 is 0. The van der Waals surface area contributed by atoms with Crippen molar-refractivity contribution in [2.24, 2.45) is 11.1 Å². The molecule has 2 aliphatic rings. The van der Waals surface area contributed by atoms with Crippen molar-refractivity contribution >= 4 is 11.7 Å². The third-order valence-electron chi connectivity index (χ3n) is 3.69. The molecule has 2 heterocycles. The molecule has 0 spiro atoms. The summed E-state index contributed by atoms with van der Waals surface area (Å²) in [6.45, 7) is 1.78. The quantitative estimate of drug-likeness (QED) is 0.902. The molecule has 0 saturated carbocycles. The van der Waals surface area contributed by atoms with Gasteiger partial charge in [-0.25, -0.2) is 4.79 Å². The highest BCUT2D eigenvalue weighted by atomic mass is 16.7. The van der Waals surface area contributed by atoms with Crippen LogP contribution >= 0.6 is 0 Å². The van der Waals surface area contributed by atoms with Crippen LogP contribution < -0.4 is 18.9 Å². The molecular weight excluding hydrogens is 294 g/mol. The lowest BCUT2D eigenvalue weighted by Crippen LogP contribution is -2.21. The van der Waals surface area contributed by atoms with Crippen LogP contribution in [0.25, 0.3) is 0 Å². The van der Waals surface area contributed by atoms with E-state index in [1.165, 1.54) is 14.2 Å². The third-order valence-corrected chi connectivity index (χ3v) is 3.69. The van der Waals surface area contributed by atoms with Gasteiger partial charge in [-0.15, -0.1) is 0 Å². The maximum absolute atomic E-state index is 11.1. The first kappa shape index (κ1) is 14.3. The fourth-order valence-electron chi connectivity index (χ4n) is 2.60. The van der Waals surface area contributed by atoms with Gasteiger partial charge >= 0.3 is 5.97 Å². The van der Waals surface area contributed by atoms with E-state index in [1.54, 1.807) is 13.0 Å². The number of oxime groups is 1. The minimum atomic E-state index is -1.11. The second kappa shape index (κ2) is 5.28. The van der Waals surface area contributed by atoms with Crippen LogP contribution in [0.5, 0.6) is 23.0 Å². The molecule has 0 aliphatic carbocycles. The summed E-state index contributed by atoms with van der Waals surface area (Å²) in [7, 11) is 3.00. The molecule has 1 aromatic rings. The lowest BCUT2D eigenvalue weighted by atomic mass is 9.92. The number of carbonyl (C=O) groups is 1. The van der Waals surface area contributed by atoms with Gasteiger partial charge in [0, 0.05) is 5.56 Å². The minimum absolute atomic E-state index is 0.0383. The Morgan fingerprint density at radius 2 is 2.05 bits per heavy atom. The first-order valence-electron chi connectivity index (χ1n) is 6.60. The van der Waals surface area contributed by atoms with Crippen molar-refractivity contribution in [2.75, 3.05) is 21.0 Å². The molecule has 8 heteroatoms. The molecule has 1 N–H and O–H groups in total. The number of methoxy groups -OCH3 is 2. The van der Waals surface area contributed by atoms with Crippen LogP contribution in [0.4, 0.5) is 0 Å². The molecule has 0 radical (unpaired) electrons. The van der Waals surface area contributed by atoms with Crippen LogP contribution in [0, 0.1) is 5.92 Å². The fourth-order valence-corrected chi connectivity index (χ4v) is 2.60. The molecular formula is C14H15NO7. The van der Waals surface area contributed by atoms with Crippen LogP contribution in [0.1, 0.15) is 18.6 Å². The number of nitrogens with zero attached hydrogens (tertiary/aromatic N) is 1. The van der Waals surface area contributed by atoms with E-state index < -0.39 is 18.0 Å². The summed E-state index contributed by atoms with van der Waals surface area (Å²) in [5.74, 6) is 0.192. The Bertz CT molecular complexity index is 655. The summed E-state index contributed by atoms with van der Waals surface area (Å²) in [5, 5.41) is 12.8. The van der Waals surface area contributed by atoms with Gasteiger partial charge in [0.1, 0.15) is 0 Å². The van der Waals surface area contributed by atoms with Gasteiger partial charge in [0.25, 0.3) is 0 Å². The van der Waals surface area contributed by atoms with Gasteiger partial charge < -0.3 is 28.9 Å². The lowest BCUT2D eigenvalue weighted by molar-refractivity contribution is -0.129. The first-order valence-corrected chi connectivity index (χ1v) is 6.60. The molecule has 0 aromatic heterocycles. The van der Waals surface area contributed by atoms with Crippen LogP contribution in [0.3, 0.4) is 0 Å². The molecule has 0 bridgehead atoms. The third kappa shape index (κ3) is 1.99. The highest BCUT2D eigenvalue weighted by Crippen LogP contribution is 2.52.